The second-order valence-corrected chi connectivity index (χ2v) is 5.15. The Morgan fingerprint density at radius 1 is 1.22 bits per heavy atom. The first-order valence-electron chi connectivity index (χ1n) is 6.66. The van der Waals surface area contributed by atoms with E-state index in [1.54, 1.807) is 14.2 Å². The fourth-order valence-electron chi connectivity index (χ4n) is 2.78. The molecule has 1 unspecified atom stereocenters. The SMILES string of the molecule is COc1ccc2c(c1OC)CCCNC2C(C)C. The van der Waals surface area contributed by atoms with Crippen molar-refractivity contribution in [2.75, 3.05) is 20.8 Å². The summed E-state index contributed by atoms with van der Waals surface area (Å²) in [7, 11) is 3.42. The Hall–Kier alpha value is -1.22. The first kappa shape index (κ1) is 13.2. The van der Waals surface area contributed by atoms with Gasteiger partial charge in [0, 0.05) is 11.6 Å². The lowest BCUT2D eigenvalue weighted by Crippen LogP contribution is -2.25. The molecule has 1 atom stereocenters. The van der Waals surface area contributed by atoms with E-state index in [1.807, 2.05) is 6.07 Å². The van der Waals surface area contributed by atoms with Gasteiger partial charge in [0.05, 0.1) is 14.2 Å². The zero-order chi connectivity index (χ0) is 13.1. The highest BCUT2D eigenvalue weighted by molar-refractivity contribution is 5.52. The fourth-order valence-corrected chi connectivity index (χ4v) is 2.78. The molecule has 0 amide bonds. The zero-order valence-corrected chi connectivity index (χ0v) is 11.7. The average Bonchev–Trinajstić information content (AvgIpc) is 2.59. The molecular formula is C15H23NO2. The summed E-state index contributed by atoms with van der Waals surface area (Å²) in [6.45, 7) is 5.57. The topological polar surface area (TPSA) is 30.5 Å². The summed E-state index contributed by atoms with van der Waals surface area (Å²) in [5.74, 6) is 2.31. The molecule has 0 fully saturated rings. The second kappa shape index (κ2) is 5.61. The molecule has 0 aromatic heterocycles. The Labute approximate surface area is 109 Å². The van der Waals surface area contributed by atoms with E-state index in [9.17, 15) is 0 Å². The van der Waals surface area contributed by atoms with E-state index in [0.717, 1.165) is 30.9 Å². The lowest BCUT2D eigenvalue weighted by atomic mass is 9.91. The summed E-state index contributed by atoms with van der Waals surface area (Å²) < 4.78 is 11.0. The molecular weight excluding hydrogens is 226 g/mol. The van der Waals surface area contributed by atoms with E-state index in [0.29, 0.717) is 12.0 Å². The molecule has 0 saturated carbocycles. The summed E-state index contributed by atoms with van der Waals surface area (Å²) in [5, 5.41) is 3.63. The van der Waals surface area contributed by atoms with Crippen molar-refractivity contribution < 1.29 is 9.47 Å². The van der Waals surface area contributed by atoms with Crippen LogP contribution in [0.1, 0.15) is 37.4 Å². The predicted molar refractivity (Wildman–Crippen MR) is 73.4 cm³/mol. The van der Waals surface area contributed by atoms with Crippen molar-refractivity contribution in [3.63, 3.8) is 0 Å². The molecule has 100 valence electrons. The molecule has 0 radical (unpaired) electrons. The van der Waals surface area contributed by atoms with E-state index in [-0.39, 0.29) is 0 Å². The highest BCUT2D eigenvalue weighted by atomic mass is 16.5. The molecule has 0 saturated heterocycles. The molecule has 2 rings (SSSR count). The van der Waals surface area contributed by atoms with Gasteiger partial charge in [-0.1, -0.05) is 19.9 Å². The molecule has 1 N–H and O–H groups in total. The van der Waals surface area contributed by atoms with Crippen molar-refractivity contribution in [3.05, 3.63) is 23.3 Å². The van der Waals surface area contributed by atoms with Gasteiger partial charge in [0.25, 0.3) is 0 Å². The van der Waals surface area contributed by atoms with Crippen LogP contribution in [0, 0.1) is 5.92 Å². The van der Waals surface area contributed by atoms with Crippen molar-refractivity contribution in [1.82, 2.24) is 5.32 Å². The maximum Gasteiger partial charge on any atom is 0.164 e. The van der Waals surface area contributed by atoms with Gasteiger partial charge in [0.1, 0.15) is 0 Å². The number of methoxy groups -OCH3 is 2. The van der Waals surface area contributed by atoms with Gasteiger partial charge in [0.15, 0.2) is 11.5 Å². The van der Waals surface area contributed by atoms with Crippen LogP contribution in [0.15, 0.2) is 12.1 Å². The normalized spacial score (nSPS) is 19.3. The standard InChI is InChI=1S/C15H23NO2/c1-10(2)14-11-7-8-13(17-3)15(18-4)12(11)6-5-9-16-14/h7-8,10,14,16H,5-6,9H2,1-4H3. The molecule has 1 aliphatic heterocycles. The molecule has 0 aliphatic carbocycles. The van der Waals surface area contributed by atoms with Gasteiger partial charge in [-0.15, -0.1) is 0 Å². The van der Waals surface area contributed by atoms with Crippen LogP contribution in [0.3, 0.4) is 0 Å². The second-order valence-electron chi connectivity index (χ2n) is 5.15. The summed E-state index contributed by atoms with van der Waals surface area (Å²) in [6.07, 6.45) is 2.19. The maximum absolute atomic E-state index is 5.57. The Balaban J connectivity index is 2.53. The highest BCUT2D eigenvalue weighted by Crippen LogP contribution is 2.39. The van der Waals surface area contributed by atoms with Gasteiger partial charge in [-0.3, -0.25) is 0 Å². The Morgan fingerprint density at radius 3 is 2.61 bits per heavy atom. The van der Waals surface area contributed by atoms with Gasteiger partial charge < -0.3 is 14.8 Å². The van der Waals surface area contributed by atoms with E-state index in [4.69, 9.17) is 9.47 Å². The minimum atomic E-state index is 0.405. The van der Waals surface area contributed by atoms with E-state index in [2.05, 4.69) is 25.2 Å². The summed E-state index contributed by atoms with van der Waals surface area (Å²) in [5.41, 5.74) is 2.67. The molecule has 3 heteroatoms. The highest BCUT2D eigenvalue weighted by Gasteiger charge is 2.25. The Morgan fingerprint density at radius 2 is 2.00 bits per heavy atom. The molecule has 0 bridgehead atoms. The molecule has 0 spiro atoms. The molecule has 1 aromatic rings. The minimum absolute atomic E-state index is 0.405. The van der Waals surface area contributed by atoms with E-state index >= 15 is 0 Å². The third kappa shape index (κ3) is 2.32. The van der Waals surface area contributed by atoms with Crippen LogP contribution in [-0.2, 0) is 6.42 Å². The minimum Gasteiger partial charge on any atom is -0.493 e. The Kier molecular flexibility index (Phi) is 4.12. The molecule has 1 aromatic carbocycles. The van der Waals surface area contributed by atoms with Gasteiger partial charge in [-0.2, -0.15) is 0 Å². The number of hydrogen-bond acceptors (Lipinski definition) is 3. The first-order chi connectivity index (χ1) is 8.69. The van der Waals surface area contributed by atoms with Gasteiger partial charge >= 0.3 is 0 Å². The van der Waals surface area contributed by atoms with Crippen molar-refractivity contribution in [1.29, 1.82) is 0 Å². The number of ether oxygens (including phenoxy) is 2. The summed E-state index contributed by atoms with van der Waals surface area (Å²) in [6, 6.07) is 4.60. The molecule has 3 nitrogen and oxygen atoms in total. The van der Waals surface area contributed by atoms with Crippen LogP contribution in [0.2, 0.25) is 0 Å². The number of fused-ring (bicyclic) bond motifs is 1. The number of nitrogens with one attached hydrogen (secondary N) is 1. The smallest absolute Gasteiger partial charge is 0.164 e. The van der Waals surface area contributed by atoms with Gasteiger partial charge in [-0.05, 0) is 36.9 Å². The fraction of sp³-hybridized carbons (Fsp3) is 0.600. The van der Waals surface area contributed by atoms with Crippen LogP contribution in [0.25, 0.3) is 0 Å². The van der Waals surface area contributed by atoms with Crippen molar-refractivity contribution >= 4 is 0 Å². The maximum atomic E-state index is 5.57. The van der Waals surface area contributed by atoms with E-state index < -0.39 is 0 Å². The van der Waals surface area contributed by atoms with Crippen molar-refractivity contribution in [2.45, 2.75) is 32.7 Å². The summed E-state index contributed by atoms with van der Waals surface area (Å²) >= 11 is 0. The largest absolute Gasteiger partial charge is 0.493 e. The Bertz CT molecular complexity index is 415. The van der Waals surface area contributed by atoms with Crippen molar-refractivity contribution in [2.24, 2.45) is 5.92 Å². The molecule has 18 heavy (non-hydrogen) atoms. The number of rotatable bonds is 3. The average molecular weight is 249 g/mol. The van der Waals surface area contributed by atoms with Crippen LogP contribution >= 0.6 is 0 Å². The molecule has 1 heterocycles. The van der Waals surface area contributed by atoms with Gasteiger partial charge in [-0.25, -0.2) is 0 Å². The van der Waals surface area contributed by atoms with Crippen LogP contribution < -0.4 is 14.8 Å². The van der Waals surface area contributed by atoms with Gasteiger partial charge in [0.2, 0.25) is 0 Å². The lowest BCUT2D eigenvalue weighted by molar-refractivity contribution is 0.350. The van der Waals surface area contributed by atoms with Crippen LogP contribution in [0.5, 0.6) is 11.5 Å². The monoisotopic (exact) mass is 249 g/mol. The number of benzene rings is 1. The quantitative estimate of drug-likeness (QED) is 0.893. The lowest BCUT2D eigenvalue weighted by Gasteiger charge is -2.24. The first-order valence-corrected chi connectivity index (χ1v) is 6.66. The number of hydrogen-bond donors (Lipinski definition) is 1. The molecule has 1 aliphatic rings. The van der Waals surface area contributed by atoms with Crippen LogP contribution in [-0.4, -0.2) is 20.8 Å². The zero-order valence-electron chi connectivity index (χ0n) is 11.7. The van der Waals surface area contributed by atoms with E-state index in [1.165, 1.54) is 11.1 Å². The van der Waals surface area contributed by atoms with Crippen molar-refractivity contribution in [3.8, 4) is 11.5 Å². The third-order valence-electron chi connectivity index (χ3n) is 3.65. The predicted octanol–water partition coefficient (Wildman–Crippen LogP) is 2.94. The van der Waals surface area contributed by atoms with Crippen LogP contribution in [0.4, 0.5) is 0 Å². The summed E-state index contributed by atoms with van der Waals surface area (Å²) in [4.78, 5) is 0. The third-order valence-corrected chi connectivity index (χ3v) is 3.65.